The molecule has 1 fully saturated rings. The predicted octanol–water partition coefficient (Wildman–Crippen LogP) is 4.28. The first-order valence-electron chi connectivity index (χ1n) is 10.6. The van der Waals surface area contributed by atoms with Crippen molar-refractivity contribution < 1.29 is 9.53 Å². The van der Waals surface area contributed by atoms with E-state index >= 15 is 0 Å². The van der Waals surface area contributed by atoms with Crippen LogP contribution in [0, 0.1) is 0 Å². The van der Waals surface area contributed by atoms with Gasteiger partial charge in [-0.1, -0.05) is 23.2 Å². The number of fused-ring (bicyclic) bond motifs is 1. The molecular formula is C23H22Cl2N6O2. The van der Waals surface area contributed by atoms with E-state index in [1.165, 1.54) is 16.8 Å². The summed E-state index contributed by atoms with van der Waals surface area (Å²) in [7, 11) is 2.14. The predicted molar refractivity (Wildman–Crippen MR) is 130 cm³/mol. The van der Waals surface area contributed by atoms with Gasteiger partial charge in [-0.05, 0) is 49.5 Å². The van der Waals surface area contributed by atoms with Crippen LogP contribution in [0.2, 0.25) is 10.0 Å². The van der Waals surface area contributed by atoms with Gasteiger partial charge in [0, 0.05) is 48.8 Å². The molecule has 10 heteroatoms. The van der Waals surface area contributed by atoms with E-state index in [9.17, 15) is 4.79 Å². The monoisotopic (exact) mass is 484 g/mol. The maximum atomic E-state index is 13.0. The number of carbonyl (C=O) groups excluding carboxylic acids is 1. The van der Waals surface area contributed by atoms with E-state index in [1.807, 2.05) is 12.1 Å². The van der Waals surface area contributed by atoms with Crippen molar-refractivity contribution >= 4 is 52.1 Å². The number of nitrogens with zero attached hydrogens (tertiary/aromatic N) is 5. The lowest BCUT2D eigenvalue weighted by Crippen LogP contribution is -2.44. The second-order valence-electron chi connectivity index (χ2n) is 7.98. The van der Waals surface area contributed by atoms with E-state index in [4.69, 9.17) is 27.9 Å². The van der Waals surface area contributed by atoms with Crippen molar-refractivity contribution in [1.82, 2.24) is 14.9 Å². The molecule has 170 valence electrons. The van der Waals surface area contributed by atoms with Gasteiger partial charge in [-0.25, -0.2) is 4.98 Å². The summed E-state index contributed by atoms with van der Waals surface area (Å²) in [5.41, 5.74) is 2.77. The van der Waals surface area contributed by atoms with Crippen LogP contribution in [0.4, 0.5) is 23.0 Å². The summed E-state index contributed by atoms with van der Waals surface area (Å²) < 4.78 is 5.74. The van der Waals surface area contributed by atoms with Gasteiger partial charge < -0.3 is 19.9 Å². The van der Waals surface area contributed by atoms with Crippen molar-refractivity contribution in [2.45, 2.75) is 0 Å². The molecule has 2 aliphatic heterocycles. The first-order chi connectivity index (χ1) is 16.0. The lowest BCUT2D eigenvalue weighted by atomic mass is 10.2. The van der Waals surface area contributed by atoms with Crippen LogP contribution in [-0.4, -0.2) is 60.7 Å². The van der Waals surface area contributed by atoms with E-state index in [0.29, 0.717) is 21.7 Å². The Kier molecular flexibility index (Phi) is 5.97. The van der Waals surface area contributed by atoms with Gasteiger partial charge in [0.2, 0.25) is 11.8 Å². The van der Waals surface area contributed by atoms with Crippen molar-refractivity contribution in [2.75, 3.05) is 55.1 Å². The topological polar surface area (TPSA) is 73.8 Å². The number of carbonyl (C=O) groups is 1. The number of likely N-dealkylation sites (N-methyl/N-ethyl adjacent to an activating group) is 1. The lowest BCUT2D eigenvalue weighted by molar-refractivity contribution is 0.0932. The van der Waals surface area contributed by atoms with E-state index in [0.717, 1.165) is 31.9 Å². The second kappa shape index (κ2) is 9.05. The van der Waals surface area contributed by atoms with E-state index in [1.54, 1.807) is 18.2 Å². The fraction of sp³-hybridized carbons (Fsp3) is 0.261. The maximum Gasteiger partial charge on any atom is 0.268 e. The van der Waals surface area contributed by atoms with Gasteiger partial charge in [-0.2, -0.15) is 4.98 Å². The zero-order valence-corrected chi connectivity index (χ0v) is 19.5. The molecule has 33 heavy (non-hydrogen) atoms. The molecule has 0 aliphatic carbocycles. The zero-order valence-electron chi connectivity index (χ0n) is 18.0. The van der Waals surface area contributed by atoms with Crippen LogP contribution in [0.5, 0.6) is 5.88 Å². The third kappa shape index (κ3) is 4.55. The molecule has 8 nitrogen and oxygen atoms in total. The molecule has 0 saturated carbocycles. The number of hydrogen-bond donors (Lipinski definition) is 1. The molecule has 3 heterocycles. The number of amides is 1. The van der Waals surface area contributed by atoms with E-state index < -0.39 is 0 Å². The normalized spacial score (nSPS) is 16.4. The number of aromatic nitrogens is 2. The molecule has 5 rings (SSSR count). The van der Waals surface area contributed by atoms with Crippen molar-refractivity contribution in [3.63, 3.8) is 0 Å². The fourth-order valence-electron chi connectivity index (χ4n) is 3.83. The van der Waals surface area contributed by atoms with Crippen molar-refractivity contribution in [3.8, 4) is 5.88 Å². The maximum absolute atomic E-state index is 13.0. The van der Waals surface area contributed by atoms with E-state index in [2.05, 4.69) is 44.3 Å². The number of rotatable bonds is 4. The molecule has 1 aromatic heterocycles. The summed E-state index contributed by atoms with van der Waals surface area (Å²) in [6.45, 7) is 4.12. The number of piperazine rings is 1. The number of anilines is 4. The molecule has 1 saturated heterocycles. The van der Waals surface area contributed by atoms with E-state index in [-0.39, 0.29) is 24.1 Å². The molecule has 0 radical (unpaired) electrons. The van der Waals surface area contributed by atoms with Gasteiger partial charge in [0.05, 0.1) is 10.7 Å². The van der Waals surface area contributed by atoms with Crippen LogP contribution in [0.25, 0.3) is 0 Å². The van der Waals surface area contributed by atoms with Crippen molar-refractivity contribution in [2.24, 2.45) is 0 Å². The molecule has 0 atom stereocenters. The van der Waals surface area contributed by atoms with Crippen LogP contribution >= 0.6 is 23.2 Å². The Hall–Kier alpha value is -3.07. The highest BCUT2D eigenvalue weighted by atomic mass is 35.5. The Morgan fingerprint density at radius 1 is 1.03 bits per heavy atom. The average Bonchev–Trinajstić information content (AvgIpc) is 2.82. The number of halogens is 2. The molecule has 1 amide bonds. The minimum Gasteiger partial charge on any atom is -0.455 e. The number of hydrogen-bond acceptors (Lipinski definition) is 7. The molecule has 2 aliphatic rings. The highest BCUT2D eigenvalue weighted by Gasteiger charge is 2.30. The molecule has 0 spiro atoms. The first-order valence-corrected chi connectivity index (χ1v) is 11.3. The minimum atomic E-state index is -0.302. The SMILES string of the molecule is CN1CCN(c2ccc(Nc3ncc4c(n3)OCN(c3cc(Cl)ccc3Cl)C4=O)cc2)CC1. The van der Waals surface area contributed by atoms with Crippen molar-refractivity contribution in [1.29, 1.82) is 0 Å². The largest absolute Gasteiger partial charge is 0.455 e. The van der Waals surface area contributed by atoms with Crippen LogP contribution < -0.4 is 19.9 Å². The Balaban J connectivity index is 1.30. The highest BCUT2D eigenvalue weighted by Crippen LogP contribution is 2.33. The first kappa shape index (κ1) is 21.8. The minimum absolute atomic E-state index is 0.0257. The van der Waals surface area contributed by atoms with Crippen LogP contribution in [0.3, 0.4) is 0 Å². The zero-order chi connectivity index (χ0) is 22.9. The summed E-state index contributed by atoms with van der Waals surface area (Å²) in [6, 6.07) is 13.1. The van der Waals surface area contributed by atoms with Crippen LogP contribution in [0.15, 0.2) is 48.7 Å². The molecule has 0 bridgehead atoms. The Labute approximate surface area is 201 Å². The third-order valence-corrected chi connectivity index (χ3v) is 6.31. The van der Waals surface area contributed by atoms with Gasteiger partial charge >= 0.3 is 0 Å². The number of ether oxygens (including phenoxy) is 1. The highest BCUT2D eigenvalue weighted by molar-refractivity contribution is 6.36. The summed E-state index contributed by atoms with van der Waals surface area (Å²) in [4.78, 5) is 27.8. The number of benzene rings is 2. The summed E-state index contributed by atoms with van der Waals surface area (Å²) in [5.74, 6) is 0.271. The van der Waals surface area contributed by atoms with Gasteiger partial charge in [0.1, 0.15) is 5.56 Å². The molecule has 2 aromatic carbocycles. The Morgan fingerprint density at radius 2 is 1.79 bits per heavy atom. The molecular weight excluding hydrogens is 463 g/mol. The summed E-state index contributed by atoms with van der Waals surface area (Å²) >= 11 is 12.3. The number of nitrogens with one attached hydrogen (secondary N) is 1. The average molecular weight is 485 g/mol. The van der Waals surface area contributed by atoms with Crippen molar-refractivity contribution in [3.05, 3.63) is 64.3 Å². The van der Waals surface area contributed by atoms with Gasteiger partial charge in [0.25, 0.3) is 5.91 Å². The summed E-state index contributed by atoms with van der Waals surface area (Å²) in [5, 5.41) is 4.05. The standard InChI is InChI=1S/C23H22Cl2N6O2/c1-29-8-10-30(11-9-29)17-5-3-16(4-6-17)27-23-26-13-18-21(28-23)33-14-31(22(18)32)20-12-15(24)2-7-19(20)25/h2-7,12-13H,8-11,14H2,1H3,(H,26,27,28). The fourth-order valence-corrected chi connectivity index (χ4v) is 4.22. The van der Waals surface area contributed by atoms with Gasteiger partial charge in [-0.3, -0.25) is 9.69 Å². The van der Waals surface area contributed by atoms with Gasteiger partial charge in [-0.15, -0.1) is 0 Å². The quantitative estimate of drug-likeness (QED) is 0.592. The molecule has 3 aromatic rings. The second-order valence-corrected chi connectivity index (χ2v) is 8.82. The van der Waals surface area contributed by atoms with Crippen LogP contribution in [0.1, 0.15) is 10.4 Å². The summed E-state index contributed by atoms with van der Waals surface area (Å²) in [6.07, 6.45) is 1.45. The molecule has 1 N–H and O–H groups in total. The smallest absolute Gasteiger partial charge is 0.268 e. The Morgan fingerprint density at radius 3 is 2.55 bits per heavy atom. The third-order valence-electron chi connectivity index (χ3n) is 5.75. The Bertz CT molecular complexity index is 1180. The van der Waals surface area contributed by atoms with Gasteiger partial charge in [0.15, 0.2) is 6.73 Å². The van der Waals surface area contributed by atoms with Crippen LogP contribution in [-0.2, 0) is 0 Å². The lowest BCUT2D eigenvalue weighted by Gasteiger charge is -2.34. The molecule has 0 unspecified atom stereocenters.